The van der Waals surface area contributed by atoms with Crippen LogP contribution in [0.4, 0.5) is 27.9 Å². The number of anilines is 1. The maximum atomic E-state index is 13.0. The molecular weight excluding hydrogens is 399 g/mol. The Morgan fingerprint density at radius 1 is 1.21 bits per heavy atom. The normalized spacial score (nSPS) is 17.2. The molecule has 154 valence electrons. The summed E-state index contributed by atoms with van der Waals surface area (Å²) in [5, 5.41) is 11.4. The lowest BCUT2D eigenvalue weighted by atomic mass is 10.1. The highest BCUT2D eigenvalue weighted by Crippen LogP contribution is 2.38. The van der Waals surface area contributed by atoms with Crippen LogP contribution in [0, 0.1) is 0 Å². The van der Waals surface area contributed by atoms with Crippen LogP contribution >= 0.6 is 0 Å². The standard InChI is InChI=1S/C18H15F5N4O2/c19-16(20)29-14-8-10(18(21,22)23)3-4-12(14)15-13-2-1-6-27(13)17(26-25-15)24-11-5-7-28-9-11/h1-4,6,8,11,16H,5,7,9H2,(H,24,26)/t11-/m0/s1. The van der Waals surface area contributed by atoms with Crippen molar-refractivity contribution in [2.45, 2.75) is 25.3 Å². The summed E-state index contributed by atoms with van der Waals surface area (Å²) in [4.78, 5) is 0. The first-order chi connectivity index (χ1) is 13.8. The number of rotatable bonds is 5. The van der Waals surface area contributed by atoms with Gasteiger partial charge in [0.1, 0.15) is 11.4 Å². The minimum Gasteiger partial charge on any atom is -0.434 e. The van der Waals surface area contributed by atoms with E-state index < -0.39 is 24.1 Å². The first-order valence-electron chi connectivity index (χ1n) is 8.67. The number of fused-ring (bicyclic) bond motifs is 1. The number of aromatic nitrogens is 3. The van der Waals surface area contributed by atoms with E-state index in [1.54, 1.807) is 22.7 Å². The monoisotopic (exact) mass is 414 g/mol. The van der Waals surface area contributed by atoms with Gasteiger partial charge in [-0.2, -0.15) is 22.0 Å². The zero-order valence-corrected chi connectivity index (χ0v) is 14.8. The highest BCUT2D eigenvalue weighted by molar-refractivity contribution is 5.81. The Balaban J connectivity index is 1.79. The van der Waals surface area contributed by atoms with E-state index in [-0.39, 0.29) is 17.3 Å². The molecule has 1 N–H and O–H groups in total. The fourth-order valence-electron chi connectivity index (χ4n) is 3.16. The van der Waals surface area contributed by atoms with E-state index in [4.69, 9.17) is 4.74 Å². The first-order valence-corrected chi connectivity index (χ1v) is 8.67. The van der Waals surface area contributed by atoms with Crippen LogP contribution in [0.25, 0.3) is 16.8 Å². The lowest BCUT2D eigenvalue weighted by molar-refractivity contribution is -0.138. The Bertz CT molecular complexity index is 1020. The van der Waals surface area contributed by atoms with Crippen LogP contribution in [0.5, 0.6) is 5.75 Å². The van der Waals surface area contributed by atoms with Crippen LogP contribution in [-0.4, -0.2) is 40.5 Å². The number of hydrogen-bond donors (Lipinski definition) is 1. The summed E-state index contributed by atoms with van der Waals surface area (Å²) < 4.78 is 75.9. The van der Waals surface area contributed by atoms with Crippen LogP contribution in [0.15, 0.2) is 36.5 Å². The van der Waals surface area contributed by atoms with E-state index in [0.717, 1.165) is 18.6 Å². The van der Waals surface area contributed by atoms with Crippen molar-refractivity contribution in [3.63, 3.8) is 0 Å². The molecule has 0 unspecified atom stereocenters. The highest BCUT2D eigenvalue weighted by atomic mass is 19.4. The topological polar surface area (TPSA) is 60.7 Å². The van der Waals surface area contributed by atoms with Crippen molar-refractivity contribution in [1.82, 2.24) is 14.6 Å². The van der Waals surface area contributed by atoms with Crippen molar-refractivity contribution < 1.29 is 31.4 Å². The lowest BCUT2D eigenvalue weighted by Gasteiger charge is -2.16. The predicted molar refractivity (Wildman–Crippen MR) is 92.9 cm³/mol. The molecule has 0 amide bonds. The Morgan fingerprint density at radius 3 is 2.72 bits per heavy atom. The maximum absolute atomic E-state index is 13.0. The summed E-state index contributed by atoms with van der Waals surface area (Å²) in [7, 11) is 0. The molecule has 0 bridgehead atoms. The van der Waals surface area contributed by atoms with E-state index in [1.165, 1.54) is 0 Å². The maximum Gasteiger partial charge on any atom is 0.416 e. The van der Waals surface area contributed by atoms with Gasteiger partial charge in [-0.25, -0.2) is 0 Å². The minimum absolute atomic E-state index is 0.0229. The van der Waals surface area contributed by atoms with Crippen LogP contribution < -0.4 is 10.1 Å². The van der Waals surface area contributed by atoms with E-state index in [2.05, 4.69) is 20.3 Å². The number of hydrogen-bond acceptors (Lipinski definition) is 5. The first kappa shape index (κ1) is 19.4. The molecule has 3 heterocycles. The van der Waals surface area contributed by atoms with Crippen LogP contribution in [-0.2, 0) is 10.9 Å². The van der Waals surface area contributed by atoms with E-state index in [0.29, 0.717) is 30.7 Å². The van der Waals surface area contributed by atoms with Gasteiger partial charge in [0.2, 0.25) is 5.95 Å². The molecule has 0 saturated carbocycles. The molecule has 1 aliphatic heterocycles. The van der Waals surface area contributed by atoms with E-state index >= 15 is 0 Å². The third kappa shape index (κ3) is 3.95. The molecule has 11 heteroatoms. The predicted octanol–water partition coefficient (Wildman–Crippen LogP) is 4.22. The Labute approximate surface area is 161 Å². The van der Waals surface area contributed by atoms with Gasteiger partial charge in [0.15, 0.2) is 0 Å². The van der Waals surface area contributed by atoms with Crippen LogP contribution in [0.3, 0.4) is 0 Å². The highest BCUT2D eigenvalue weighted by Gasteiger charge is 2.32. The van der Waals surface area contributed by atoms with Crippen molar-refractivity contribution in [3.05, 3.63) is 42.1 Å². The molecule has 1 saturated heterocycles. The van der Waals surface area contributed by atoms with Gasteiger partial charge in [0.25, 0.3) is 0 Å². The number of nitrogens with one attached hydrogen (secondary N) is 1. The molecule has 1 aromatic carbocycles. The van der Waals surface area contributed by atoms with Gasteiger partial charge in [0.05, 0.1) is 23.7 Å². The van der Waals surface area contributed by atoms with Gasteiger partial charge < -0.3 is 14.8 Å². The summed E-state index contributed by atoms with van der Waals surface area (Å²) in [6.45, 7) is -2.16. The van der Waals surface area contributed by atoms with Crippen molar-refractivity contribution in [2.75, 3.05) is 18.5 Å². The van der Waals surface area contributed by atoms with Gasteiger partial charge in [-0.1, -0.05) is 0 Å². The molecule has 1 fully saturated rings. The lowest BCUT2D eigenvalue weighted by Crippen LogP contribution is -2.22. The van der Waals surface area contributed by atoms with Gasteiger partial charge >= 0.3 is 12.8 Å². The molecular formula is C18H15F5N4O2. The average molecular weight is 414 g/mol. The smallest absolute Gasteiger partial charge is 0.416 e. The summed E-state index contributed by atoms with van der Waals surface area (Å²) >= 11 is 0. The van der Waals surface area contributed by atoms with E-state index in [9.17, 15) is 22.0 Å². The number of alkyl halides is 5. The number of benzene rings is 1. The summed E-state index contributed by atoms with van der Waals surface area (Å²) in [5.74, 6) is -0.218. The Hall–Kier alpha value is -2.95. The van der Waals surface area contributed by atoms with Gasteiger partial charge in [0, 0.05) is 18.4 Å². The number of ether oxygens (including phenoxy) is 2. The molecule has 29 heavy (non-hydrogen) atoms. The second kappa shape index (κ2) is 7.47. The molecule has 1 atom stereocenters. The average Bonchev–Trinajstić information content (AvgIpc) is 3.33. The van der Waals surface area contributed by atoms with Crippen molar-refractivity contribution in [1.29, 1.82) is 0 Å². The molecule has 6 nitrogen and oxygen atoms in total. The minimum atomic E-state index is -4.70. The van der Waals surface area contributed by atoms with Crippen molar-refractivity contribution >= 4 is 11.5 Å². The third-order valence-corrected chi connectivity index (χ3v) is 4.51. The largest absolute Gasteiger partial charge is 0.434 e. The molecule has 0 aliphatic carbocycles. The molecule has 0 spiro atoms. The fourth-order valence-corrected chi connectivity index (χ4v) is 3.16. The Kier molecular flexibility index (Phi) is 4.99. The zero-order valence-electron chi connectivity index (χ0n) is 14.8. The molecule has 1 aliphatic rings. The SMILES string of the molecule is FC(F)Oc1cc(C(F)(F)F)ccc1-c1nnc(N[C@H]2CCOC2)n2cccc12. The second-order valence-corrected chi connectivity index (χ2v) is 6.43. The van der Waals surface area contributed by atoms with Crippen molar-refractivity contribution in [2.24, 2.45) is 0 Å². The molecule has 3 aromatic rings. The van der Waals surface area contributed by atoms with E-state index in [1.807, 2.05) is 0 Å². The van der Waals surface area contributed by atoms with Crippen molar-refractivity contribution in [3.8, 4) is 17.0 Å². The number of nitrogens with zero attached hydrogens (tertiary/aromatic N) is 3. The quantitative estimate of drug-likeness (QED) is 0.634. The second-order valence-electron chi connectivity index (χ2n) is 6.43. The summed E-state index contributed by atoms with van der Waals surface area (Å²) in [6, 6.07) is 5.77. The number of halogens is 5. The van der Waals surface area contributed by atoms with Crippen LogP contribution in [0.1, 0.15) is 12.0 Å². The summed E-state index contributed by atoms with van der Waals surface area (Å²) in [6.07, 6.45) is -2.23. The third-order valence-electron chi connectivity index (χ3n) is 4.51. The summed E-state index contributed by atoms with van der Waals surface area (Å²) in [5.41, 5.74) is -0.533. The molecule has 2 aromatic heterocycles. The zero-order chi connectivity index (χ0) is 20.6. The fraction of sp³-hybridized carbons (Fsp3) is 0.333. The molecule has 4 rings (SSSR count). The van der Waals surface area contributed by atoms with Gasteiger partial charge in [-0.05, 0) is 36.8 Å². The van der Waals surface area contributed by atoms with Gasteiger partial charge in [-0.3, -0.25) is 4.40 Å². The van der Waals surface area contributed by atoms with Gasteiger partial charge in [-0.15, -0.1) is 10.2 Å². The molecule has 0 radical (unpaired) electrons. The van der Waals surface area contributed by atoms with Crippen LogP contribution in [0.2, 0.25) is 0 Å². The Morgan fingerprint density at radius 2 is 2.03 bits per heavy atom.